The largest absolute Gasteiger partial charge is 0.481 e. The third-order valence-electron chi connectivity index (χ3n) is 3.58. The van der Waals surface area contributed by atoms with Crippen LogP contribution in [-0.2, 0) is 4.79 Å². The van der Waals surface area contributed by atoms with Crippen LogP contribution in [0.2, 0.25) is 0 Å². The number of unbranched alkanes of at least 4 members (excludes halogenated alkanes) is 9. The van der Waals surface area contributed by atoms with Crippen molar-refractivity contribution in [1.82, 2.24) is 0 Å². The first-order valence-corrected chi connectivity index (χ1v) is 8.79. The highest BCUT2D eigenvalue weighted by Crippen LogP contribution is 2.10. The zero-order chi connectivity index (χ0) is 15.6. The second-order valence-electron chi connectivity index (χ2n) is 5.72. The van der Waals surface area contributed by atoms with Crippen LogP contribution in [0.15, 0.2) is 24.3 Å². The molecule has 0 aliphatic carbocycles. The highest BCUT2D eigenvalue weighted by Gasteiger charge is 1.91. The van der Waals surface area contributed by atoms with Gasteiger partial charge in [0.1, 0.15) is 0 Å². The van der Waals surface area contributed by atoms with Gasteiger partial charge >= 0.3 is 5.97 Å². The smallest absolute Gasteiger partial charge is 0.303 e. The van der Waals surface area contributed by atoms with E-state index in [1.165, 1.54) is 57.8 Å². The fourth-order valence-electron chi connectivity index (χ4n) is 2.27. The Hall–Kier alpha value is -1.05. The zero-order valence-electron chi connectivity index (χ0n) is 13.9. The number of hydrogen-bond donors (Lipinski definition) is 1. The van der Waals surface area contributed by atoms with E-state index in [4.69, 9.17) is 5.11 Å². The molecule has 0 bridgehead atoms. The van der Waals surface area contributed by atoms with E-state index in [2.05, 4.69) is 25.2 Å². The molecule has 0 atom stereocenters. The minimum absolute atomic E-state index is 0.241. The number of carboxylic acids is 1. The molecule has 21 heavy (non-hydrogen) atoms. The number of aliphatic carboxylic acids is 1. The second kappa shape index (κ2) is 17.0. The van der Waals surface area contributed by atoms with Gasteiger partial charge in [0.2, 0.25) is 0 Å². The molecule has 0 saturated carbocycles. The average Bonchev–Trinajstić information content (AvgIpc) is 2.46. The van der Waals surface area contributed by atoms with E-state index in [9.17, 15) is 4.79 Å². The van der Waals surface area contributed by atoms with Crippen molar-refractivity contribution in [2.75, 3.05) is 0 Å². The Kier molecular flexibility index (Phi) is 16.2. The monoisotopic (exact) mass is 294 g/mol. The first-order chi connectivity index (χ1) is 10.3. The molecule has 0 rings (SSSR count). The highest BCUT2D eigenvalue weighted by atomic mass is 16.4. The number of carboxylic acid groups (broad SMARTS) is 1. The summed E-state index contributed by atoms with van der Waals surface area (Å²) in [6.45, 7) is 2.26. The SMILES string of the molecule is CCCCCCCCCCC=CCCC=CCCC(=O)O. The van der Waals surface area contributed by atoms with Crippen LogP contribution in [0.5, 0.6) is 0 Å². The van der Waals surface area contributed by atoms with Crippen LogP contribution in [0.25, 0.3) is 0 Å². The van der Waals surface area contributed by atoms with Crippen molar-refractivity contribution in [1.29, 1.82) is 0 Å². The minimum Gasteiger partial charge on any atom is -0.481 e. The van der Waals surface area contributed by atoms with Gasteiger partial charge in [-0.3, -0.25) is 4.79 Å². The maximum absolute atomic E-state index is 10.3. The fourth-order valence-corrected chi connectivity index (χ4v) is 2.27. The summed E-state index contributed by atoms with van der Waals surface area (Å²) in [6, 6.07) is 0. The molecule has 0 aliphatic rings. The van der Waals surface area contributed by atoms with Gasteiger partial charge in [0.15, 0.2) is 0 Å². The van der Waals surface area contributed by atoms with Gasteiger partial charge in [0.25, 0.3) is 0 Å². The maximum atomic E-state index is 10.3. The fraction of sp³-hybridized carbons (Fsp3) is 0.737. The second-order valence-corrected chi connectivity index (χ2v) is 5.72. The molecule has 2 heteroatoms. The summed E-state index contributed by atoms with van der Waals surface area (Å²) in [5.41, 5.74) is 0. The predicted octanol–water partition coefficient (Wildman–Crippen LogP) is 6.27. The van der Waals surface area contributed by atoms with Crippen molar-refractivity contribution in [3.05, 3.63) is 24.3 Å². The Morgan fingerprint density at radius 3 is 1.76 bits per heavy atom. The molecular formula is C19H34O2. The van der Waals surface area contributed by atoms with Gasteiger partial charge in [-0.25, -0.2) is 0 Å². The molecule has 1 N–H and O–H groups in total. The minimum atomic E-state index is -0.718. The van der Waals surface area contributed by atoms with Gasteiger partial charge in [-0.05, 0) is 32.1 Å². The summed E-state index contributed by atoms with van der Waals surface area (Å²) in [4.78, 5) is 10.3. The van der Waals surface area contributed by atoms with Crippen molar-refractivity contribution in [3.63, 3.8) is 0 Å². The zero-order valence-corrected chi connectivity index (χ0v) is 13.9. The van der Waals surface area contributed by atoms with Crippen LogP contribution >= 0.6 is 0 Å². The van der Waals surface area contributed by atoms with Gasteiger partial charge in [-0.2, -0.15) is 0 Å². The molecule has 0 aromatic heterocycles. The number of hydrogen-bond acceptors (Lipinski definition) is 1. The molecule has 0 aromatic carbocycles. The Bertz CT molecular complexity index is 279. The molecule has 0 aromatic rings. The Morgan fingerprint density at radius 2 is 1.19 bits per heavy atom. The molecule has 0 fully saturated rings. The van der Waals surface area contributed by atoms with Gasteiger partial charge in [0.05, 0.1) is 0 Å². The van der Waals surface area contributed by atoms with E-state index < -0.39 is 5.97 Å². The lowest BCUT2D eigenvalue weighted by molar-refractivity contribution is -0.136. The number of carbonyl (C=O) groups is 1. The molecule has 0 saturated heterocycles. The van der Waals surface area contributed by atoms with E-state index in [-0.39, 0.29) is 6.42 Å². The summed E-state index contributed by atoms with van der Waals surface area (Å²) in [7, 11) is 0. The topological polar surface area (TPSA) is 37.3 Å². The lowest BCUT2D eigenvalue weighted by Gasteiger charge is -1.99. The molecule has 0 aliphatic heterocycles. The van der Waals surface area contributed by atoms with Gasteiger partial charge < -0.3 is 5.11 Å². The summed E-state index contributed by atoms with van der Waals surface area (Å²) >= 11 is 0. The highest BCUT2D eigenvalue weighted by molar-refractivity contribution is 5.66. The molecule has 122 valence electrons. The first kappa shape index (κ1) is 19.9. The van der Waals surface area contributed by atoms with E-state index >= 15 is 0 Å². The molecule has 0 heterocycles. The van der Waals surface area contributed by atoms with Crippen LogP contribution in [0.4, 0.5) is 0 Å². The maximum Gasteiger partial charge on any atom is 0.303 e. The molecule has 0 unspecified atom stereocenters. The summed E-state index contributed by atoms with van der Waals surface area (Å²) in [5, 5.41) is 8.48. The van der Waals surface area contributed by atoms with Gasteiger partial charge in [-0.15, -0.1) is 0 Å². The van der Waals surface area contributed by atoms with E-state index in [1.807, 2.05) is 6.08 Å². The summed E-state index contributed by atoms with van der Waals surface area (Å²) < 4.78 is 0. The summed E-state index contributed by atoms with van der Waals surface area (Å²) in [5.74, 6) is -0.718. The summed E-state index contributed by atoms with van der Waals surface area (Å²) in [6.07, 6.45) is 23.8. The molecule has 0 spiro atoms. The van der Waals surface area contributed by atoms with Crippen molar-refractivity contribution < 1.29 is 9.90 Å². The van der Waals surface area contributed by atoms with Gasteiger partial charge in [-0.1, -0.05) is 76.2 Å². The van der Waals surface area contributed by atoms with Crippen molar-refractivity contribution >= 4 is 5.97 Å². The van der Waals surface area contributed by atoms with Crippen LogP contribution < -0.4 is 0 Å². The molecule has 0 radical (unpaired) electrons. The third kappa shape index (κ3) is 18.9. The third-order valence-corrected chi connectivity index (χ3v) is 3.58. The Labute approximate surface area is 131 Å². The van der Waals surface area contributed by atoms with Crippen LogP contribution in [0, 0.1) is 0 Å². The van der Waals surface area contributed by atoms with E-state index in [1.54, 1.807) is 0 Å². The van der Waals surface area contributed by atoms with E-state index in [0.29, 0.717) is 6.42 Å². The molecule has 2 nitrogen and oxygen atoms in total. The Morgan fingerprint density at radius 1 is 0.714 bits per heavy atom. The molecular weight excluding hydrogens is 260 g/mol. The van der Waals surface area contributed by atoms with Crippen molar-refractivity contribution in [3.8, 4) is 0 Å². The van der Waals surface area contributed by atoms with Crippen LogP contribution in [0.3, 0.4) is 0 Å². The van der Waals surface area contributed by atoms with Gasteiger partial charge in [0, 0.05) is 6.42 Å². The van der Waals surface area contributed by atoms with Crippen molar-refractivity contribution in [2.45, 2.75) is 90.4 Å². The van der Waals surface area contributed by atoms with Crippen LogP contribution in [-0.4, -0.2) is 11.1 Å². The van der Waals surface area contributed by atoms with E-state index in [0.717, 1.165) is 12.8 Å². The predicted molar refractivity (Wildman–Crippen MR) is 91.6 cm³/mol. The van der Waals surface area contributed by atoms with Crippen molar-refractivity contribution in [2.24, 2.45) is 0 Å². The number of allylic oxidation sites excluding steroid dienone is 4. The average molecular weight is 294 g/mol. The first-order valence-electron chi connectivity index (χ1n) is 8.79. The molecule has 0 amide bonds. The lowest BCUT2D eigenvalue weighted by atomic mass is 10.1. The van der Waals surface area contributed by atoms with Crippen LogP contribution in [0.1, 0.15) is 90.4 Å². The quantitative estimate of drug-likeness (QED) is 0.285. The Balaban J connectivity index is 3.17. The standard InChI is InChI=1S/C19H34O2/c1-2-3-4-5-6-7-8-9-10-11-12-13-14-15-16-17-18-19(20)21/h11-12,15-16H,2-10,13-14,17-18H2,1H3,(H,20,21). The lowest BCUT2D eigenvalue weighted by Crippen LogP contribution is -1.91. The number of rotatable bonds is 15. The normalized spacial score (nSPS) is 11.7.